The smallest absolute Gasteiger partial charge is 0.411 e. The van der Waals surface area contributed by atoms with E-state index in [1.54, 1.807) is 20.8 Å². The van der Waals surface area contributed by atoms with Crippen LogP contribution in [-0.4, -0.2) is 58.5 Å². The number of benzene rings is 1. The highest BCUT2D eigenvalue weighted by atomic mass is 32.2. The summed E-state index contributed by atoms with van der Waals surface area (Å²) in [4.78, 5) is 38.2. The molecule has 0 radical (unpaired) electrons. The molecule has 0 spiro atoms. The number of Topliss-reactive ketones (excluding diaryl/α,β-unsaturated/α-hetero) is 1. The van der Waals surface area contributed by atoms with Gasteiger partial charge in [0.25, 0.3) is 0 Å². The highest BCUT2D eigenvalue weighted by Gasteiger charge is 2.45. The van der Waals surface area contributed by atoms with Crippen molar-refractivity contribution >= 4 is 29.6 Å². The van der Waals surface area contributed by atoms with Crippen LogP contribution in [0.4, 0.5) is 4.79 Å². The summed E-state index contributed by atoms with van der Waals surface area (Å²) in [5.74, 6) is -0.238. The molecule has 1 aliphatic heterocycles. The Kier molecular flexibility index (Phi) is 8.73. The maximum atomic E-state index is 13.0. The van der Waals surface area contributed by atoms with E-state index in [1.807, 2.05) is 30.3 Å². The Morgan fingerprint density at radius 2 is 1.80 bits per heavy atom. The van der Waals surface area contributed by atoms with Gasteiger partial charge in [-0.2, -0.15) is 0 Å². The van der Waals surface area contributed by atoms with Crippen molar-refractivity contribution in [2.75, 3.05) is 12.9 Å². The number of hydrogen-bond acceptors (Lipinski definition) is 7. The van der Waals surface area contributed by atoms with Gasteiger partial charge in [0, 0.05) is 18.6 Å². The number of nitrogens with zero attached hydrogens (tertiary/aromatic N) is 1. The standard InChI is InChI=1S/C22H31NO6S/c1-22(2,3)29-21(27)23-16(14-30-20(23)15-10-6-5-7-11-15)19(26)17(24)12-8-9-13-18(25)28-4/h5-7,10-11,16,19-20,26H,8-9,12-14H2,1-4H3/t16-,19-,20+/m0/s1. The van der Waals surface area contributed by atoms with E-state index in [-0.39, 0.29) is 30.0 Å². The molecule has 0 aliphatic carbocycles. The van der Waals surface area contributed by atoms with Crippen LogP contribution in [0.5, 0.6) is 0 Å². The molecule has 1 aromatic rings. The van der Waals surface area contributed by atoms with E-state index in [1.165, 1.54) is 23.8 Å². The minimum absolute atomic E-state index is 0.136. The first-order valence-corrected chi connectivity index (χ1v) is 11.1. The van der Waals surface area contributed by atoms with Gasteiger partial charge in [-0.1, -0.05) is 30.3 Å². The molecule has 2 rings (SSSR count). The molecule has 1 amide bonds. The van der Waals surface area contributed by atoms with Crippen molar-refractivity contribution in [3.05, 3.63) is 35.9 Å². The van der Waals surface area contributed by atoms with Crippen LogP contribution in [-0.2, 0) is 19.1 Å². The SMILES string of the molecule is COC(=O)CCCCC(=O)[C@@H](O)[C@@H]1CS[C@H](c2ccccc2)N1C(=O)OC(C)(C)C. The van der Waals surface area contributed by atoms with Crippen LogP contribution >= 0.6 is 11.8 Å². The highest BCUT2D eigenvalue weighted by molar-refractivity contribution is 7.99. The summed E-state index contributed by atoms with van der Waals surface area (Å²) < 4.78 is 10.2. The minimum Gasteiger partial charge on any atom is -0.469 e. The normalized spacial score (nSPS) is 20.0. The first-order valence-electron chi connectivity index (χ1n) is 10.1. The average molecular weight is 438 g/mol. The molecule has 8 heteroatoms. The number of carbonyl (C=O) groups is 3. The van der Waals surface area contributed by atoms with E-state index >= 15 is 0 Å². The molecule has 1 aliphatic rings. The molecule has 3 atom stereocenters. The zero-order valence-electron chi connectivity index (χ0n) is 18.0. The van der Waals surface area contributed by atoms with Crippen molar-refractivity contribution in [1.29, 1.82) is 0 Å². The summed E-state index contributed by atoms with van der Waals surface area (Å²) in [6, 6.07) is 8.82. The average Bonchev–Trinajstić information content (AvgIpc) is 3.15. The number of amides is 1. The van der Waals surface area contributed by atoms with Gasteiger partial charge in [0.2, 0.25) is 0 Å². The summed E-state index contributed by atoms with van der Waals surface area (Å²) in [6.07, 6.45) is -0.510. The summed E-state index contributed by atoms with van der Waals surface area (Å²) >= 11 is 1.50. The molecule has 1 heterocycles. The maximum absolute atomic E-state index is 13.0. The van der Waals surface area contributed by atoms with E-state index < -0.39 is 23.8 Å². The summed E-state index contributed by atoms with van der Waals surface area (Å²) in [5, 5.41) is 10.4. The molecule has 1 N–H and O–H groups in total. The van der Waals surface area contributed by atoms with Crippen LogP contribution in [0.2, 0.25) is 0 Å². The van der Waals surface area contributed by atoms with E-state index in [9.17, 15) is 19.5 Å². The first-order chi connectivity index (χ1) is 14.1. The van der Waals surface area contributed by atoms with E-state index in [2.05, 4.69) is 4.74 Å². The number of aliphatic hydroxyl groups excluding tert-OH is 1. The van der Waals surface area contributed by atoms with Crippen molar-refractivity contribution in [3.8, 4) is 0 Å². The van der Waals surface area contributed by atoms with Crippen LogP contribution < -0.4 is 0 Å². The zero-order valence-corrected chi connectivity index (χ0v) is 18.8. The lowest BCUT2D eigenvalue weighted by Gasteiger charge is -2.33. The van der Waals surface area contributed by atoms with Gasteiger partial charge in [-0.3, -0.25) is 14.5 Å². The van der Waals surface area contributed by atoms with E-state index in [0.717, 1.165) is 5.56 Å². The predicted octanol–water partition coefficient (Wildman–Crippen LogP) is 3.70. The van der Waals surface area contributed by atoms with Gasteiger partial charge in [-0.15, -0.1) is 11.8 Å². The monoisotopic (exact) mass is 437 g/mol. The lowest BCUT2D eigenvalue weighted by molar-refractivity contribution is -0.141. The Balaban J connectivity index is 2.10. The van der Waals surface area contributed by atoms with Gasteiger partial charge in [0.1, 0.15) is 17.1 Å². The number of ether oxygens (including phenoxy) is 2. The van der Waals surface area contributed by atoms with E-state index in [0.29, 0.717) is 18.6 Å². The van der Waals surface area contributed by atoms with Crippen LogP contribution in [0, 0.1) is 0 Å². The Labute approximate surface area is 182 Å². The lowest BCUT2D eigenvalue weighted by atomic mass is 10.0. The molecule has 1 aromatic carbocycles. The molecule has 1 fully saturated rings. The van der Waals surface area contributed by atoms with Gasteiger partial charge in [0.05, 0.1) is 13.2 Å². The molecule has 166 valence electrons. The number of esters is 1. The summed E-state index contributed by atoms with van der Waals surface area (Å²) in [7, 11) is 1.32. The van der Waals surface area contributed by atoms with Gasteiger partial charge < -0.3 is 14.6 Å². The number of hydrogen-bond donors (Lipinski definition) is 1. The number of unbranched alkanes of at least 4 members (excludes halogenated alkanes) is 1. The largest absolute Gasteiger partial charge is 0.469 e. The summed E-state index contributed by atoms with van der Waals surface area (Å²) in [5.41, 5.74) is 0.215. The third-order valence-electron chi connectivity index (χ3n) is 4.70. The van der Waals surface area contributed by atoms with Gasteiger partial charge in [-0.25, -0.2) is 4.79 Å². The molecule has 7 nitrogen and oxygen atoms in total. The second-order valence-electron chi connectivity index (χ2n) is 8.25. The molecule has 0 aromatic heterocycles. The van der Waals surface area contributed by atoms with Crippen LogP contribution in [0.3, 0.4) is 0 Å². The zero-order chi connectivity index (χ0) is 22.3. The van der Waals surface area contributed by atoms with Gasteiger partial charge >= 0.3 is 12.1 Å². The van der Waals surface area contributed by atoms with Crippen molar-refractivity contribution in [1.82, 2.24) is 4.90 Å². The topological polar surface area (TPSA) is 93.1 Å². The Morgan fingerprint density at radius 3 is 2.40 bits per heavy atom. The Bertz CT molecular complexity index is 733. The van der Waals surface area contributed by atoms with Crippen molar-refractivity contribution in [2.45, 2.75) is 69.6 Å². The third-order valence-corrected chi connectivity index (χ3v) is 6.05. The molecule has 0 unspecified atom stereocenters. The fraction of sp³-hybridized carbons (Fsp3) is 0.591. The maximum Gasteiger partial charge on any atom is 0.411 e. The molecule has 30 heavy (non-hydrogen) atoms. The van der Waals surface area contributed by atoms with Crippen LogP contribution in [0.1, 0.15) is 57.4 Å². The van der Waals surface area contributed by atoms with E-state index in [4.69, 9.17) is 4.74 Å². The van der Waals surface area contributed by atoms with Crippen LogP contribution in [0.25, 0.3) is 0 Å². The molecular weight excluding hydrogens is 406 g/mol. The molecule has 0 saturated carbocycles. The number of thioether (sulfide) groups is 1. The Hall–Kier alpha value is -2.06. The number of methoxy groups -OCH3 is 1. The van der Waals surface area contributed by atoms with Crippen LogP contribution in [0.15, 0.2) is 30.3 Å². The molecule has 1 saturated heterocycles. The number of ketones is 1. The van der Waals surface area contributed by atoms with Gasteiger partial charge in [-0.05, 0) is 39.2 Å². The molecule has 0 bridgehead atoms. The fourth-order valence-corrected chi connectivity index (χ4v) is 4.70. The number of aliphatic hydroxyl groups is 1. The second-order valence-corrected chi connectivity index (χ2v) is 9.36. The minimum atomic E-state index is -1.31. The first kappa shape index (κ1) is 24.2. The number of carbonyl (C=O) groups excluding carboxylic acids is 3. The van der Waals surface area contributed by atoms with Crippen molar-refractivity contribution in [3.63, 3.8) is 0 Å². The predicted molar refractivity (Wildman–Crippen MR) is 115 cm³/mol. The lowest BCUT2D eigenvalue weighted by Crippen LogP contribution is -2.49. The number of rotatable bonds is 8. The van der Waals surface area contributed by atoms with Crippen molar-refractivity contribution in [2.24, 2.45) is 0 Å². The third kappa shape index (κ3) is 6.74. The molecular formula is C22H31NO6S. The highest BCUT2D eigenvalue weighted by Crippen LogP contribution is 2.43. The van der Waals surface area contributed by atoms with Gasteiger partial charge in [0.15, 0.2) is 5.78 Å². The fourth-order valence-electron chi connectivity index (χ4n) is 3.22. The quantitative estimate of drug-likeness (QED) is 0.489. The summed E-state index contributed by atoms with van der Waals surface area (Å²) in [6.45, 7) is 5.34. The van der Waals surface area contributed by atoms with Crippen molar-refractivity contribution < 1.29 is 29.0 Å². The second kappa shape index (κ2) is 10.8. The Morgan fingerprint density at radius 1 is 1.17 bits per heavy atom.